The highest BCUT2D eigenvalue weighted by molar-refractivity contribution is 9.10. The highest BCUT2D eigenvalue weighted by Crippen LogP contribution is 2.48. The van der Waals surface area contributed by atoms with Crippen molar-refractivity contribution in [2.45, 2.75) is 51.2 Å². The molecule has 1 aliphatic heterocycles. The quantitative estimate of drug-likeness (QED) is 0.766. The van der Waals surface area contributed by atoms with Gasteiger partial charge in [-0.05, 0) is 49.3 Å². The molecule has 3 atom stereocenters. The molecular weight excluding hydrogens is 302 g/mol. The van der Waals surface area contributed by atoms with Crippen molar-refractivity contribution >= 4 is 15.9 Å². The Kier molecular flexibility index (Phi) is 3.38. The van der Waals surface area contributed by atoms with Gasteiger partial charge in [0.15, 0.2) is 0 Å². The summed E-state index contributed by atoms with van der Waals surface area (Å²) < 4.78 is 7.50. The first kappa shape index (κ1) is 13.4. The molecule has 19 heavy (non-hydrogen) atoms. The van der Waals surface area contributed by atoms with E-state index in [9.17, 15) is 0 Å². The summed E-state index contributed by atoms with van der Waals surface area (Å²) >= 11 is 3.51. The molecule has 1 spiro atoms. The van der Waals surface area contributed by atoms with Crippen LogP contribution in [0.4, 0.5) is 0 Å². The van der Waals surface area contributed by atoms with Crippen LogP contribution >= 0.6 is 15.9 Å². The van der Waals surface area contributed by atoms with Crippen molar-refractivity contribution in [1.82, 2.24) is 0 Å². The molecule has 3 heteroatoms. The second-order valence-corrected chi connectivity index (χ2v) is 7.55. The standard InChI is InChI=1S/C16H22BrNO/c1-10-5-11(2)8-16(7-10)9-14(18)13-6-12(17)3-4-15(13)19-16/h3-4,6,10-11,14H,5,7-9,18H2,1-2H3/t10?,11?,14-,16?/m1/s1. The summed E-state index contributed by atoms with van der Waals surface area (Å²) in [5.41, 5.74) is 7.52. The van der Waals surface area contributed by atoms with E-state index in [2.05, 4.69) is 41.9 Å². The zero-order valence-electron chi connectivity index (χ0n) is 11.7. The predicted molar refractivity (Wildman–Crippen MR) is 81.2 cm³/mol. The summed E-state index contributed by atoms with van der Waals surface area (Å²) in [4.78, 5) is 0. The second kappa shape index (κ2) is 4.78. The van der Waals surface area contributed by atoms with Gasteiger partial charge in [0.05, 0.1) is 0 Å². The third-order valence-corrected chi connectivity index (χ3v) is 5.03. The molecule has 2 nitrogen and oxygen atoms in total. The van der Waals surface area contributed by atoms with Crippen molar-refractivity contribution in [3.05, 3.63) is 28.2 Å². The van der Waals surface area contributed by atoms with Crippen LogP contribution in [0.3, 0.4) is 0 Å². The van der Waals surface area contributed by atoms with Crippen LogP contribution < -0.4 is 10.5 Å². The van der Waals surface area contributed by atoms with E-state index in [0.29, 0.717) is 0 Å². The normalized spacial score (nSPS) is 37.8. The fourth-order valence-electron chi connectivity index (χ4n) is 4.14. The van der Waals surface area contributed by atoms with Gasteiger partial charge < -0.3 is 10.5 Å². The topological polar surface area (TPSA) is 35.2 Å². The van der Waals surface area contributed by atoms with Crippen molar-refractivity contribution in [1.29, 1.82) is 0 Å². The third-order valence-electron chi connectivity index (χ3n) is 4.54. The number of hydrogen-bond donors (Lipinski definition) is 1. The molecular formula is C16H22BrNO. The van der Waals surface area contributed by atoms with E-state index >= 15 is 0 Å². The highest BCUT2D eigenvalue weighted by Gasteiger charge is 2.44. The number of ether oxygens (including phenoxy) is 1. The van der Waals surface area contributed by atoms with E-state index in [4.69, 9.17) is 10.5 Å². The lowest BCUT2D eigenvalue weighted by atomic mass is 9.69. The fourth-order valence-corrected chi connectivity index (χ4v) is 4.52. The Morgan fingerprint density at radius 2 is 1.89 bits per heavy atom. The summed E-state index contributed by atoms with van der Waals surface area (Å²) in [7, 11) is 0. The maximum atomic E-state index is 6.43. The average Bonchev–Trinajstić information content (AvgIpc) is 2.28. The number of nitrogens with two attached hydrogens (primary N) is 1. The molecule has 0 radical (unpaired) electrons. The van der Waals surface area contributed by atoms with Gasteiger partial charge in [0.2, 0.25) is 0 Å². The maximum absolute atomic E-state index is 6.43. The SMILES string of the molecule is CC1CC(C)CC2(C1)C[C@@H](N)c1cc(Br)ccc1O2. The molecule has 1 aliphatic carbocycles. The van der Waals surface area contributed by atoms with Crippen molar-refractivity contribution in [2.24, 2.45) is 17.6 Å². The van der Waals surface area contributed by atoms with Gasteiger partial charge in [-0.3, -0.25) is 0 Å². The molecule has 3 rings (SSSR count). The Hall–Kier alpha value is -0.540. The number of halogens is 1. The molecule has 1 fully saturated rings. The zero-order valence-corrected chi connectivity index (χ0v) is 13.2. The molecule has 0 amide bonds. The van der Waals surface area contributed by atoms with Crippen LogP contribution in [0.15, 0.2) is 22.7 Å². The molecule has 0 bridgehead atoms. The van der Waals surface area contributed by atoms with Crippen LogP contribution in [0, 0.1) is 11.8 Å². The average molecular weight is 324 g/mol. The van der Waals surface area contributed by atoms with E-state index in [1.54, 1.807) is 0 Å². The van der Waals surface area contributed by atoms with Gasteiger partial charge in [-0.1, -0.05) is 29.8 Å². The molecule has 2 N–H and O–H groups in total. The Morgan fingerprint density at radius 1 is 1.21 bits per heavy atom. The van der Waals surface area contributed by atoms with Crippen LogP contribution in [0.1, 0.15) is 51.1 Å². The Bertz CT molecular complexity index is 478. The minimum atomic E-state index is -0.0304. The monoisotopic (exact) mass is 323 g/mol. The first-order valence-electron chi connectivity index (χ1n) is 7.21. The van der Waals surface area contributed by atoms with Crippen LogP contribution in [0.5, 0.6) is 5.75 Å². The molecule has 1 saturated carbocycles. The van der Waals surface area contributed by atoms with Crippen LogP contribution in [-0.4, -0.2) is 5.60 Å². The van der Waals surface area contributed by atoms with Crippen LogP contribution in [0.25, 0.3) is 0 Å². The molecule has 1 aromatic carbocycles. The minimum absolute atomic E-state index is 0.0304. The maximum Gasteiger partial charge on any atom is 0.124 e. The number of hydrogen-bond acceptors (Lipinski definition) is 2. The molecule has 1 aromatic rings. The fraction of sp³-hybridized carbons (Fsp3) is 0.625. The minimum Gasteiger partial charge on any atom is -0.487 e. The van der Waals surface area contributed by atoms with E-state index in [1.807, 2.05) is 6.07 Å². The van der Waals surface area contributed by atoms with Gasteiger partial charge in [0.25, 0.3) is 0 Å². The summed E-state index contributed by atoms with van der Waals surface area (Å²) in [5.74, 6) is 2.45. The zero-order chi connectivity index (χ0) is 13.6. The largest absolute Gasteiger partial charge is 0.487 e. The lowest BCUT2D eigenvalue weighted by Crippen LogP contribution is -2.48. The summed E-state index contributed by atoms with van der Waals surface area (Å²) in [6.45, 7) is 4.67. The van der Waals surface area contributed by atoms with E-state index in [0.717, 1.165) is 46.9 Å². The summed E-state index contributed by atoms with van der Waals surface area (Å²) in [5, 5.41) is 0. The van der Waals surface area contributed by atoms with E-state index < -0.39 is 0 Å². The van der Waals surface area contributed by atoms with E-state index in [1.165, 1.54) is 6.42 Å². The Morgan fingerprint density at radius 3 is 2.58 bits per heavy atom. The Balaban J connectivity index is 1.94. The lowest BCUT2D eigenvalue weighted by molar-refractivity contribution is -0.0311. The molecule has 0 saturated heterocycles. The lowest BCUT2D eigenvalue weighted by Gasteiger charge is -2.47. The first-order valence-corrected chi connectivity index (χ1v) is 8.01. The summed E-state index contributed by atoms with van der Waals surface area (Å²) in [6, 6.07) is 6.30. The molecule has 1 heterocycles. The van der Waals surface area contributed by atoms with Gasteiger partial charge >= 0.3 is 0 Å². The smallest absolute Gasteiger partial charge is 0.124 e. The van der Waals surface area contributed by atoms with Crippen LogP contribution in [-0.2, 0) is 0 Å². The van der Waals surface area contributed by atoms with Gasteiger partial charge in [-0.25, -0.2) is 0 Å². The van der Waals surface area contributed by atoms with Crippen molar-refractivity contribution in [2.75, 3.05) is 0 Å². The highest BCUT2D eigenvalue weighted by atomic mass is 79.9. The van der Waals surface area contributed by atoms with E-state index in [-0.39, 0.29) is 11.6 Å². The summed E-state index contributed by atoms with van der Waals surface area (Å²) in [6.07, 6.45) is 4.54. The molecule has 2 aliphatic rings. The van der Waals surface area contributed by atoms with Crippen molar-refractivity contribution in [3.8, 4) is 5.75 Å². The molecule has 104 valence electrons. The van der Waals surface area contributed by atoms with Crippen molar-refractivity contribution < 1.29 is 4.74 Å². The molecule has 0 aromatic heterocycles. The molecule has 2 unspecified atom stereocenters. The number of benzene rings is 1. The van der Waals surface area contributed by atoms with Crippen molar-refractivity contribution in [3.63, 3.8) is 0 Å². The van der Waals surface area contributed by atoms with Gasteiger partial charge in [0.1, 0.15) is 11.4 Å². The second-order valence-electron chi connectivity index (χ2n) is 6.63. The number of fused-ring (bicyclic) bond motifs is 1. The van der Waals surface area contributed by atoms with Gasteiger partial charge in [-0.2, -0.15) is 0 Å². The number of rotatable bonds is 0. The van der Waals surface area contributed by atoms with Crippen LogP contribution in [0.2, 0.25) is 0 Å². The predicted octanol–water partition coefficient (Wildman–Crippen LogP) is 4.43. The first-order chi connectivity index (χ1) is 8.97. The van der Waals surface area contributed by atoms with Gasteiger partial charge in [0, 0.05) is 22.5 Å². The van der Waals surface area contributed by atoms with Gasteiger partial charge in [-0.15, -0.1) is 0 Å². The third kappa shape index (κ3) is 2.55. The Labute approximate surface area is 123 Å².